The quantitative estimate of drug-likeness (QED) is 0.343. The third kappa shape index (κ3) is 6.38. The van der Waals surface area contributed by atoms with Crippen LogP contribution in [0.2, 0.25) is 0 Å². The highest BCUT2D eigenvalue weighted by Gasteiger charge is 2.22. The van der Waals surface area contributed by atoms with Gasteiger partial charge in [-0.3, -0.25) is 4.79 Å². The molecule has 186 valence electrons. The fourth-order valence-corrected chi connectivity index (χ4v) is 4.15. The predicted octanol–water partition coefficient (Wildman–Crippen LogP) is 7.49. The summed E-state index contributed by atoms with van der Waals surface area (Å²) in [6, 6.07) is 14.9. The number of hydrogen-bond donors (Lipinski definition) is 1. The predicted molar refractivity (Wildman–Crippen MR) is 133 cm³/mol. The van der Waals surface area contributed by atoms with Crippen LogP contribution in [0, 0.1) is 11.6 Å². The molecule has 0 saturated heterocycles. The molecular formula is C29H32F2O4. The van der Waals surface area contributed by atoms with E-state index in [0.29, 0.717) is 29.0 Å². The lowest BCUT2D eigenvalue weighted by molar-refractivity contribution is -0.137. The molecule has 0 saturated carbocycles. The van der Waals surface area contributed by atoms with Crippen LogP contribution in [0.3, 0.4) is 0 Å². The zero-order valence-corrected chi connectivity index (χ0v) is 20.8. The highest BCUT2D eigenvalue weighted by Crippen LogP contribution is 2.37. The molecule has 0 fully saturated rings. The maximum absolute atomic E-state index is 14.7. The molecule has 0 bridgehead atoms. The summed E-state index contributed by atoms with van der Waals surface area (Å²) < 4.78 is 40.4. The first-order chi connectivity index (χ1) is 16.5. The third-order valence-electron chi connectivity index (χ3n) is 6.08. The van der Waals surface area contributed by atoms with Crippen LogP contribution in [0.1, 0.15) is 63.1 Å². The first kappa shape index (κ1) is 26.2. The van der Waals surface area contributed by atoms with Crippen LogP contribution in [0.5, 0.6) is 11.5 Å². The number of halogens is 2. The molecule has 3 rings (SSSR count). The van der Waals surface area contributed by atoms with Gasteiger partial charge in [-0.05, 0) is 76.4 Å². The Bertz CT molecular complexity index is 1200. The summed E-state index contributed by atoms with van der Waals surface area (Å²) in [6.45, 7) is 8.25. The van der Waals surface area contributed by atoms with E-state index < -0.39 is 17.7 Å². The molecule has 0 aromatic heterocycles. The van der Waals surface area contributed by atoms with Crippen LogP contribution >= 0.6 is 0 Å². The van der Waals surface area contributed by atoms with Crippen LogP contribution in [0.25, 0.3) is 11.1 Å². The molecule has 0 heterocycles. The van der Waals surface area contributed by atoms with Gasteiger partial charge in [0.1, 0.15) is 29.7 Å². The van der Waals surface area contributed by atoms with E-state index in [-0.39, 0.29) is 24.3 Å². The van der Waals surface area contributed by atoms with Crippen molar-refractivity contribution in [3.63, 3.8) is 0 Å². The average molecular weight is 483 g/mol. The molecule has 0 amide bonds. The molecule has 0 aliphatic heterocycles. The third-order valence-corrected chi connectivity index (χ3v) is 6.08. The summed E-state index contributed by atoms with van der Waals surface area (Å²) in [5.74, 6) is -1.12. The van der Waals surface area contributed by atoms with Gasteiger partial charge < -0.3 is 14.6 Å². The van der Waals surface area contributed by atoms with Crippen molar-refractivity contribution in [1.82, 2.24) is 0 Å². The zero-order valence-electron chi connectivity index (χ0n) is 20.8. The van der Waals surface area contributed by atoms with Gasteiger partial charge in [-0.25, -0.2) is 8.78 Å². The lowest BCUT2D eigenvalue weighted by atomic mass is 9.81. The molecule has 0 aliphatic carbocycles. The molecule has 0 radical (unpaired) electrons. The van der Waals surface area contributed by atoms with Gasteiger partial charge in [0.05, 0.1) is 13.5 Å². The second-order valence-corrected chi connectivity index (χ2v) is 9.65. The van der Waals surface area contributed by atoms with Gasteiger partial charge >= 0.3 is 5.97 Å². The normalized spacial score (nSPS) is 12.3. The van der Waals surface area contributed by atoms with Crippen LogP contribution in [0.15, 0.2) is 54.6 Å². The number of rotatable bonds is 9. The summed E-state index contributed by atoms with van der Waals surface area (Å²) >= 11 is 0. The summed E-state index contributed by atoms with van der Waals surface area (Å²) in [5.41, 5.74) is 3.15. The molecule has 0 unspecified atom stereocenters. The van der Waals surface area contributed by atoms with Gasteiger partial charge in [0, 0.05) is 5.56 Å². The van der Waals surface area contributed by atoms with E-state index in [1.807, 2.05) is 25.1 Å². The van der Waals surface area contributed by atoms with Crippen LogP contribution in [0.4, 0.5) is 8.78 Å². The molecule has 0 aliphatic rings. The fourth-order valence-electron chi connectivity index (χ4n) is 4.15. The number of hydrogen-bond acceptors (Lipinski definition) is 3. The second kappa shape index (κ2) is 10.9. The van der Waals surface area contributed by atoms with Crippen molar-refractivity contribution >= 4 is 5.97 Å². The number of methoxy groups -OCH3 is 1. The Morgan fingerprint density at radius 1 is 0.943 bits per heavy atom. The Balaban J connectivity index is 1.90. The molecule has 6 heteroatoms. The smallest absolute Gasteiger partial charge is 0.303 e. The van der Waals surface area contributed by atoms with E-state index in [2.05, 4.69) is 20.8 Å². The number of carboxylic acid groups (broad SMARTS) is 1. The number of carbonyl (C=O) groups is 1. The number of benzene rings is 3. The van der Waals surface area contributed by atoms with Crippen molar-refractivity contribution in [3.05, 3.63) is 82.9 Å². The molecular weight excluding hydrogens is 450 g/mol. The zero-order chi connectivity index (χ0) is 25.8. The van der Waals surface area contributed by atoms with Gasteiger partial charge in [0.15, 0.2) is 0 Å². The van der Waals surface area contributed by atoms with Crippen molar-refractivity contribution in [2.45, 2.75) is 58.5 Å². The molecule has 35 heavy (non-hydrogen) atoms. The molecule has 4 nitrogen and oxygen atoms in total. The summed E-state index contributed by atoms with van der Waals surface area (Å²) in [6.07, 6.45) is 0.359. The summed E-state index contributed by atoms with van der Waals surface area (Å²) in [4.78, 5) is 11.2. The fraction of sp³-hybridized carbons (Fsp3) is 0.345. The van der Waals surface area contributed by atoms with Crippen molar-refractivity contribution in [3.8, 4) is 22.6 Å². The molecule has 3 aromatic rings. The standard InChI is InChI=1S/C29H32F2O4/c1-6-19(14-28(32)33)23-16-21(9-12-26(23)30)35-17-18-7-10-22(25(13-18)29(2,3)4)24-15-20(34-5)8-11-27(24)31/h7-13,15-16,19H,6,14,17H2,1-5H3,(H,32,33)/t19-/m1/s1. The number of ether oxygens (including phenoxy) is 2. The van der Waals surface area contributed by atoms with Crippen molar-refractivity contribution in [2.24, 2.45) is 0 Å². The number of aliphatic carboxylic acids is 1. The van der Waals surface area contributed by atoms with E-state index in [1.54, 1.807) is 25.3 Å². The van der Waals surface area contributed by atoms with E-state index in [1.165, 1.54) is 18.2 Å². The van der Waals surface area contributed by atoms with Gasteiger partial charge in [-0.1, -0.05) is 45.9 Å². The van der Waals surface area contributed by atoms with Gasteiger partial charge in [0.25, 0.3) is 0 Å². The first-order valence-electron chi connectivity index (χ1n) is 11.6. The Morgan fingerprint density at radius 3 is 2.26 bits per heavy atom. The highest BCUT2D eigenvalue weighted by atomic mass is 19.1. The summed E-state index contributed by atoms with van der Waals surface area (Å²) in [7, 11) is 1.55. The monoisotopic (exact) mass is 482 g/mol. The van der Waals surface area contributed by atoms with Crippen molar-refractivity contribution < 1.29 is 28.2 Å². The Hall–Kier alpha value is -3.41. The van der Waals surface area contributed by atoms with Crippen molar-refractivity contribution in [2.75, 3.05) is 7.11 Å². The minimum atomic E-state index is -0.968. The summed E-state index contributed by atoms with van der Waals surface area (Å²) in [5, 5.41) is 9.15. The molecule has 1 N–H and O–H groups in total. The van der Waals surface area contributed by atoms with Gasteiger partial charge in [-0.15, -0.1) is 0 Å². The highest BCUT2D eigenvalue weighted by molar-refractivity contribution is 5.71. The maximum Gasteiger partial charge on any atom is 0.303 e. The van der Waals surface area contributed by atoms with E-state index >= 15 is 0 Å². The Kier molecular flexibility index (Phi) is 8.15. The molecule has 1 atom stereocenters. The molecule has 0 spiro atoms. The van der Waals surface area contributed by atoms with E-state index in [4.69, 9.17) is 14.6 Å². The average Bonchev–Trinajstić information content (AvgIpc) is 2.81. The SMILES string of the molecule is CC[C@H](CC(=O)O)c1cc(OCc2ccc(-c3cc(OC)ccc3F)c(C(C)(C)C)c2)ccc1F. The van der Waals surface area contributed by atoms with E-state index in [0.717, 1.165) is 16.7 Å². The topological polar surface area (TPSA) is 55.8 Å². The van der Waals surface area contributed by atoms with Crippen LogP contribution in [-0.2, 0) is 16.8 Å². The minimum Gasteiger partial charge on any atom is -0.497 e. The van der Waals surface area contributed by atoms with Gasteiger partial charge in [-0.2, -0.15) is 0 Å². The number of carboxylic acids is 1. The lowest BCUT2D eigenvalue weighted by Crippen LogP contribution is -2.14. The largest absolute Gasteiger partial charge is 0.497 e. The van der Waals surface area contributed by atoms with Gasteiger partial charge in [0.2, 0.25) is 0 Å². The Labute approximate surface area is 205 Å². The van der Waals surface area contributed by atoms with Crippen LogP contribution < -0.4 is 9.47 Å². The van der Waals surface area contributed by atoms with Crippen LogP contribution in [-0.4, -0.2) is 18.2 Å². The van der Waals surface area contributed by atoms with Crippen molar-refractivity contribution in [1.29, 1.82) is 0 Å². The Morgan fingerprint density at radius 2 is 1.63 bits per heavy atom. The second-order valence-electron chi connectivity index (χ2n) is 9.65. The first-order valence-corrected chi connectivity index (χ1v) is 11.6. The lowest BCUT2D eigenvalue weighted by Gasteiger charge is -2.25. The minimum absolute atomic E-state index is 0.145. The molecule has 3 aromatic carbocycles. The van der Waals surface area contributed by atoms with E-state index in [9.17, 15) is 13.6 Å². The maximum atomic E-state index is 14.7.